The van der Waals surface area contributed by atoms with Gasteiger partial charge < -0.3 is 10.2 Å². The average Bonchev–Trinajstić information content (AvgIpc) is 3.20. The molecule has 2 aliphatic rings. The lowest BCUT2D eigenvalue weighted by Gasteiger charge is -2.37. The van der Waals surface area contributed by atoms with Gasteiger partial charge >= 0.3 is 0 Å². The monoisotopic (exact) mass is 396 g/mol. The molecule has 1 N–H and O–H groups in total. The molecule has 0 bridgehead atoms. The van der Waals surface area contributed by atoms with Crippen LogP contribution in [0.2, 0.25) is 5.02 Å². The topological polar surface area (TPSA) is 55.9 Å². The Bertz CT molecular complexity index is 688. The molecule has 0 radical (unpaired) electrons. The molecule has 2 saturated heterocycles. The fraction of sp³-hybridized carbons (Fsp3) is 0.579. The first kappa shape index (κ1) is 20.0. The fourth-order valence-corrected chi connectivity index (χ4v) is 3.73. The molecular weight excluding hydrogens is 371 g/mol. The summed E-state index contributed by atoms with van der Waals surface area (Å²) in [4.78, 5) is 30.9. The Labute approximate surface area is 164 Å². The zero-order valence-electron chi connectivity index (χ0n) is 15.6. The van der Waals surface area contributed by atoms with Crippen LogP contribution in [0.1, 0.15) is 19.8 Å². The third-order valence-corrected chi connectivity index (χ3v) is 5.63. The molecule has 0 saturated carbocycles. The number of halogens is 2. The Morgan fingerprint density at radius 2 is 1.81 bits per heavy atom. The van der Waals surface area contributed by atoms with Gasteiger partial charge in [0.05, 0.1) is 17.6 Å². The first-order valence-corrected chi connectivity index (χ1v) is 9.82. The van der Waals surface area contributed by atoms with E-state index in [4.69, 9.17) is 11.6 Å². The molecule has 3 rings (SSSR count). The largest absolute Gasteiger partial charge is 0.342 e. The first-order valence-electron chi connectivity index (χ1n) is 9.44. The first-order chi connectivity index (χ1) is 12.9. The molecule has 2 aliphatic heterocycles. The number of amides is 2. The van der Waals surface area contributed by atoms with Crippen LogP contribution in [0.4, 0.5) is 10.1 Å². The van der Waals surface area contributed by atoms with E-state index in [1.807, 2.05) is 11.8 Å². The number of carbonyl (C=O) groups is 2. The van der Waals surface area contributed by atoms with Gasteiger partial charge in [-0.25, -0.2) is 4.39 Å². The normalized spacial score (nSPS) is 19.9. The molecule has 2 fully saturated rings. The van der Waals surface area contributed by atoms with Crippen molar-refractivity contribution in [3.05, 3.63) is 29.0 Å². The zero-order valence-corrected chi connectivity index (χ0v) is 16.3. The highest BCUT2D eigenvalue weighted by atomic mass is 35.5. The summed E-state index contributed by atoms with van der Waals surface area (Å²) in [7, 11) is 0. The van der Waals surface area contributed by atoms with E-state index in [1.165, 1.54) is 18.2 Å². The maximum absolute atomic E-state index is 13.2. The molecule has 2 amide bonds. The van der Waals surface area contributed by atoms with Crippen LogP contribution in [0, 0.1) is 5.82 Å². The van der Waals surface area contributed by atoms with Crippen LogP contribution < -0.4 is 5.32 Å². The minimum atomic E-state index is -0.512. The van der Waals surface area contributed by atoms with Gasteiger partial charge in [0.15, 0.2) is 0 Å². The molecule has 1 atom stereocenters. The van der Waals surface area contributed by atoms with E-state index in [0.29, 0.717) is 12.2 Å². The summed E-state index contributed by atoms with van der Waals surface area (Å²) in [6.45, 7) is 7.05. The van der Waals surface area contributed by atoms with Crippen molar-refractivity contribution in [3.63, 3.8) is 0 Å². The van der Waals surface area contributed by atoms with Crippen molar-refractivity contribution in [2.24, 2.45) is 0 Å². The van der Waals surface area contributed by atoms with Crippen molar-refractivity contribution in [2.75, 3.05) is 51.1 Å². The lowest BCUT2D eigenvalue weighted by molar-refractivity contribution is -0.132. The van der Waals surface area contributed by atoms with Crippen molar-refractivity contribution in [1.82, 2.24) is 14.7 Å². The van der Waals surface area contributed by atoms with Crippen LogP contribution in [-0.4, -0.2) is 78.4 Å². The Kier molecular flexibility index (Phi) is 6.68. The Morgan fingerprint density at radius 1 is 1.15 bits per heavy atom. The summed E-state index contributed by atoms with van der Waals surface area (Å²) in [5, 5.41) is 2.76. The predicted octanol–water partition coefficient (Wildman–Crippen LogP) is 2.05. The van der Waals surface area contributed by atoms with E-state index in [-0.39, 0.29) is 22.9 Å². The Hall–Kier alpha value is -1.70. The van der Waals surface area contributed by atoms with Gasteiger partial charge in [-0.05, 0) is 38.0 Å². The fourth-order valence-electron chi connectivity index (χ4n) is 3.55. The molecule has 0 aromatic heterocycles. The summed E-state index contributed by atoms with van der Waals surface area (Å²) in [6.07, 6.45) is 2.21. The van der Waals surface area contributed by atoms with Crippen LogP contribution in [0.15, 0.2) is 18.2 Å². The highest BCUT2D eigenvalue weighted by molar-refractivity contribution is 6.31. The number of piperazine rings is 1. The highest BCUT2D eigenvalue weighted by Gasteiger charge is 2.27. The SMILES string of the molecule is CC(C(=O)Nc1ccc(F)c(Cl)c1)N1CCN(CC(=O)N2CCCC2)CC1. The number of likely N-dealkylation sites (tertiary alicyclic amines) is 1. The van der Waals surface area contributed by atoms with Crippen LogP contribution in [0.3, 0.4) is 0 Å². The standard InChI is InChI=1S/C19H26ClFN4O2/c1-14(19(27)22-15-4-5-17(21)16(20)12-15)24-10-8-23(9-11-24)13-18(26)25-6-2-3-7-25/h4-5,12,14H,2-3,6-11,13H2,1H3,(H,22,27). The summed E-state index contributed by atoms with van der Waals surface area (Å²) >= 11 is 5.76. The molecule has 0 spiro atoms. The van der Waals surface area contributed by atoms with Crippen LogP contribution in [0.5, 0.6) is 0 Å². The van der Waals surface area contributed by atoms with E-state index in [2.05, 4.69) is 15.1 Å². The highest BCUT2D eigenvalue weighted by Crippen LogP contribution is 2.20. The summed E-state index contributed by atoms with van der Waals surface area (Å²) in [6, 6.07) is 3.82. The van der Waals surface area contributed by atoms with E-state index < -0.39 is 5.82 Å². The number of nitrogens with zero attached hydrogens (tertiary/aromatic N) is 3. The predicted molar refractivity (Wildman–Crippen MR) is 103 cm³/mol. The summed E-state index contributed by atoms with van der Waals surface area (Å²) in [5.74, 6) is -0.457. The number of anilines is 1. The van der Waals surface area contributed by atoms with Crippen molar-refractivity contribution >= 4 is 29.1 Å². The van der Waals surface area contributed by atoms with Gasteiger partial charge in [0.1, 0.15) is 5.82 Å². The van der Waals surface area contributed by atoms with Gasteiger partial charge in [0.25, 0.3) is 0 Å². The molecule has 1 unspecified atom stereocenters. The van der Waals surface area contributed by atoms with E-state index >= 15 is 0 Å². The van der Waals surface area contributed by atoms with Gasteiger partial charge in [-0.15, -0.1) is 0 Å². The van der Waals surface area contributed by atoms with Gasteiger partial charge in [-0.2, -0.15) is 0 Å². The number of carbonyl (C=O) groups excluding carboxylic acids is 2. The lowest BCUT2D eigenvalue weighted by Crippen LogP contribution is -2.54. The summed E-state index contributed by atoms with van der Waals surface area (Å²) in [5.41, 5.74) is 0.480. The number of hydrogen-bond donors (Lipinski definition) is 1. The molecule has 27 heavy (non-hydrogen) atoms. The number of benzene rings is 1. The zero-order chi connectivity index (χ0) is 19.4. The van der Waals surface area contributed by atoms with Crippen molar-refractivity contribution in [3.8, 4) is 0 Å². The third-order valence-electron chi connectivity index (χ3n) is 5.34. The van der Waals surface area contributed by atoms with Crippen molar-refractivity contribution in [1.29, 1.82) is 0 Å². The third kappa shape index (κ3) is 5.18. The number of hydrogen-bond acceptors (Lipinski definition) is 4. The van der Waals surface area contributed by atoms with E-state index in [1.54, 1.807) is 0 Å². The van der Waals surface area contributed by atoms with Gasteiger partial charge in [-0.1, -0.05) is 11.6 Å². The molecule has 8 heteroatoms. The van der Waals surface area contributed by atoms with Crippen molar-refractivity contribution < 1.29 is 14.0 Å². The van der Waals surface area contributed by atoms with Crippen LogP contribution in [-0.2, 0) is 9.59 Å². The Morgan fingerprint density at radius 3 is 2.44 bits per heavy atom. The second kappa shape index (κ2) is 8.99. The average molecular weight is 397 g/mol. The maximum atomic E-state index is 13.2. The molecular formula is C19H26ClFN4O2. The second-order valence-corrected chi connectivity index (χ2v) is 7.60. The van der Waals surface area contributed by atoms with Crippen LogP contribution in [0.25, 0.3) is 0 Å². The smallest absolute Gasteiger partial charge is 0.241 e. The van der Waals surface area contributed by atoms with Gasteiger partial charge in [0.2, 0.25) is 11.8 Å². The maximum Gasteiger partial charge on any atom is 0.241 e. The minimum Gasteiger partial charge on any atom is -0.342 e. The van der Waals surface area contributed by atoms with Gasteiger partial charge in [-0.3, -0.25) is 19.4 Å². The number of nitrogens with one attached hydrogen (secondary N) is 1. The molecule has 0 aliphatic carbocycles. The minimum absolute atomic E-state index is 0.0169. The Balaban J connectivity index is 1.45. The molecule has 1 aromatic rings. The molecule has 148 valence electrons. The van der Waals surface area contributed by atoms with Crippen molar-refractivity contribution in [2.45, 2.75) is 25.8 Å². The van der Waals surface area contributed by atoms with E-state index in [0.717, 1.165) is 52.1 Å². The lowest BCUT2D eigenvalue weighted by atomic mass is 10.2. The molecule has 6 nitrogen and oxygen atoms in total. The molecule has 1 aromatic carbocycles. The quantitative estimate of drug-likeness (QED) is 0.827. The second-order valence-electron chi connectivity index (χ2n) is 7.19. The summed E-state index contributed by atoms with van der Waals surface area (Å²) < 4.78 is 13.2. The molecule has 2 heterocycles. The van der Waals surface area contributed by atoms with E-state index in [9.17, 15) is 14.0 Å². The van der Waals surface area contributed by atoms with Crippen LogP contribution >= 0.6 is 11.6 Å². The number of rotatable bonds is 5. The van der Waals surface area contributed by atoms with Gasteiger partial charge in [0, 0.05) is 45.0 Å².